The van der Waals surface area contributed by atoms with Crippen molar-refractivity contribution < 1.29 is 13.7 Å². The van der Waals surface area contributed by atoms with E-state index in [0.29, 0.717) is 30.6 Å². The van der Waals surface area contributed by atoms with Crippen LogP contribution in [0.5, 0.6) is 0 Å². The number of nitrogens with zero attached hydrogens (tertiary/aromatic N) is 5. The largest absolute Gasteiger partial charge is 0.459 e. The molecule has 0 unspecified atom stereocenters. The molecule has 4 heterocycles. The summed E-state index contributed by atoms with van der Waals surface area (Å²) in [4.78, 5) is 25.5. The Hall–Kier alpha value is -3.16. The number of carbonyl (C=O) groups excluding carboxylic acids is 1. The molecule has 8 heteroatoms. The number of anilines is 1. The van der Waals surface area contributed by atoms with Crippen molar-refractivity contribution >= 4 is 11.7 Å². The first-order chi connectivity index (χ1) is 14.3. The molecule has 0 spiro atoms. The topological polar surface area (TPSA) is 88.5 Å². The molecule has 150 valence electrons. The molecule has 0 atom stereocenters. The predicted octanol–water partition coefficient (Wildman–Crippen LogP) is 3.34. The van der Waals surface area contributed by atoms with Gasteiger partial charge >= 0.3 is 0 Å². The van der Waals surface area contributed by atoms with Crippen molar-refractivity contribution in [3.8, 4) is 11.4 Å². The average molecular weight is 393 g/mol. The van der Waals surface area contributed by atoms with Gasteiger partial charge in [-0.1, -0.05) is 18.0 Å². The standard InChI is InChI=1S/C21H23N5O3/c27-21(17-6-3-13-28-17)26-11-9-25(10-12-26)18-8-7-16(14-22-18)19-23-20(29-24-19)15-4-1-2-5-15/h3,6-8,13-15H,1-2,4-5,9-12H2. The van der Waals surface area contributed by atoms with Gasteiger partial charge in [-0.15, -0.1) is 0 Å². The zero-order valence-electron chi connectivity index (χ0n) is 16.2. The van der Waals surface area contributed by atoms with Crippen LogP contribution in [0, 0.1) is 0 Å². The molecule has 0 N–H and O–H groups in total. The van der Waals surface area contributed by atoms with Gasteiger partial charge in [0, 0.05) is 43.9 Å². The molecule has 29 heavy (non-hydrogen) atoms. The molecule has 0 radical (unpaired) electrons. The van der Waals surface area contributed by atoms with Crippen LogP contribution in [0.15, 0.2) is 45.7 Å². The van der Waals surface area contributed by atoms with Gasteiger partial charge in [-0.25, -0.2) is 4.98 Å². The molecule has 0 aromatic carbocycles. The molecule has 1 amide bonds. The van der Waals surface area contributed by atoms with Gasteiger partial charge in [-0.2, -0.15) is 4.98 Å². The van der Waals surface area contributed by atoms with E-state index in [0.717, 1.165) is 43.2 Å². The van der Waals surface area contributed by atoms with Gasteiger partial charge in [0.05, 0.1) is 6.26 Å². The number of rotatable bonds is 4. The SMILES string of the molecule is O=C(c1ccco1)N1CCN(c2ccc(-c3noc(C4CCCC4)n3)cn2)CC1. The highest BCUT2D eigenvalue weighted by Crippen LogP contribution is 2.33. The number of hydrogen-bond donors (Lipinski definition) is 0. The number of amides is 1. The van der Waals surface area contributed by atoms with E-state index in [9.17, 15) is 4.79 Å². The van der Waals surface area contributed by atoms with Crippen LogP contribution in [0.2, 0.25) is 0 Å². The third-order valence-corrected chi connectivity index (χ3v) is 5.78. The van der Waals surface area contributed by atoms with Crippen LogP contribution in [-0.4, -0.2) is 52.1 Å². The fourth-order valence-corrected chi connectivity index (χ4v) is 4.09. The maximum atomic E-state index is 12.4. The zero-order valence-corrected chi connectivity index (χ0v) is 16.2. The number of piperazine rings is 1. The van der Waals surface area contributed by atoms with E-state index in [1.807, 2.05) is 17.0 Å². The molecule has 8 nitrogen and oxygen atoms in total. The lowest BCUT2D eigenvalue weighted by molar-refractivity contribution is 0.0714. The fraction of sp³-hybridized carbons (Fsp3) is 0.429. The second-order valence-electron chi connectivity index (χ2n) is 7.60. The van der Waals surface area contributed by atoms with E-state index < -0.39 is 0 Å². The van der Waals surface area contributed by atoms with Crippen molar-refractivity contribution in [3.63, 3.8) is 0 Å². The van der Waals surface area contributed by atoms with Crippen molar-refractivity contribution in [2.75, 3.05) is 31.1 Å². The lowest BCUT2D eigenvalue weighted by Crippen LogP contribution is -2.49. The first-order valence-corrected chi connectivity index (χ1v) is 10.2. The van der Waals surface area contributed by atoms with E-state index in [2.05, 4.69) is 20.0 Å². The zero-order chi connectivity index (χ0) is 19.6. The van der Waals surface area contributed by atoms with Crippen molar-refractivity contribution in [1.82, 2.24) is 20.0 Å². The summed E-state index contributed by atoms with van der Waals surface area (Å²) in [5.41, 5.74) is 0.855. The third-order valence-electron chi connectivity index (χ3n) is 5.78. The number of aromatic nitrogens is 3. The Balaban J connectivity index is 1.21. The molecular formula is C21H23N5O3. The van der Waals surface area contributed by atoms with Gasteiger partial charge in [-0.3, -0.25) is 4.79 Å². The van der Waals surface area contributed by atoms with Crippen LogP contribution in [0.1, 0.15) is 48.0 Å². The summed E-state index contributed by atoms with van der Waals surface area (Å²) < 4.78 is 10.7. The van der Waals surface area contributed by atoms with Crippen LogP contribution in [0.4, 0.5) is 5.82 Å². The molecule has 1 aliphatic heterocycles. The summed E-state index contributed by atoms with van der Waals surface area (Å²) in [5, 5.41) is 4.13. The highest BCUT2D eigenvalue weighted by Gasteiger charge is 2.25. The van der Waals surface area contributed by atoms with Crippen LogP contribution >= 0.6 is 0 Å². The van der Waals surface area contributed by atoms with E-state index in [4.69, 9.17) is 8.94 Å². The molecule has 1 aliphatic carbocycles. The highest BCUT2D eigenvalue weighted by atomic mass is 16.5. The molecule has 2 aliphatic rings. The second-order valence-corrected chi connectivity index (χ2v) is 7.60. The van der Waals surface area contributed by atoms with E-state index in [1.165, 1.54) is 19.1 Å². The van der Waals surface area contributed by atoms with Crippen molar-refractivity contribution in [2.24, 2.45) is 0 Å². The summed E-state index contributed by atoms with van der Waals surface area (Å²) in [5.74, 6) is 2.96. The number of hydrogen-bond acceptors (Lipinski definition) is 7. The summed E-state index contributed by atoms with van der Waals surface area (Å²) in [7, 11) is 0. The minimum Gasteiger partial charge on any atom is -0.459 e. The summed E-state index contributed by atoms with van der Waals surface area (Å²) in [6.45, 7) is 2.73. The molecule has 0 bridgehead atoms. The molecule has 3 aromatic rings. The quantitative estimate of drug-likeness (QED) is 0.671. The molecular weight excluding hydrogens is 370 g/mol. The number of carbonyl (C=O) groups is 1. The van der Waals surface area contributed by atoms with Crippen LogP contribution in [0.25, 0.3) is 11.4 Å². The Labute approximate surface area is 168 Å². The summed E-state index contributed by atoms with van der Waals surface area (Å²) in [6, 6.07) is 7.39. The molecule has 3 aromatic heterocycles. The Morgan fingerprint density at radius 2 is 1.90 bits per heavy atom. The number of pyridine rings is 1. The minimum absolute atomic E-state index is 0.0619. The first kappa shape index (κ1) is 17.9. The smallest absolute Gasteiger partial charge is 0.289 e. The van der Waals surface area contributed by atoms with Crippen molar-refractivity contribution in [1.29, 1.82) is 0 Å². The molecule has 1 saturated heterocycles. The maximum Gasteiger partial charge on any atom is 0.289 e. The van der Waals surface area contributed by atoms with Gasteiger partial charge in [0.15, 0.2) is 5.76 Å². The van der Waals surface area contributed by atoms with Gasteiger partial charge in [0.1, 0.15) is 5.82 Å². The van der Waals surface area contributed by atoms with Crippen molar-refractivity contribution in [3.05, 3.63) is 48.4 Å². The molecule has 5 rings (SSSR count). The maximum absolute atomic E-state index is 12.4. The van der Waals surface area contributed by atoms with Gasteiger partial charge in [0.25, 0.3) is 5.91 Å². The van der Waals surface area contributed by atoms with Crippen molar-refractivity contribution in [2.45, 2.75) is 31.6 Å². The van der Waals surface area contributed by atoms with Gasteiger partial charge < -0.3 is 18.7 Å². The lowest BCUT2D eigenvalue weighted by Gasteiger charge is -2.35. The Morgan fingerprint density at radius 1 is 1.07 bits per heavy atom. The Morgan fingerprint density at radius 3 is 2.59 bits per heavy atom. The Kier molecular flexibility index (Phi) is 4.75. The van der Waals surface area contributed by atoms with Crippen LogP contribution in [-0.2, 0) is 0 Å². The van der Waals surface area contributed by atoms with Crippen LogP contribution in [0.3, 0.4) is 0 Å². The first-order valence-electron chi connectivity index (χ1n) is 10.2. The molecule has 1 saturated carbocycles. The number of furan rings is 1. The summed E-state index contributed by atoms with van der Waals surface area (Å²) in [6.07, 6.45) is 8.05. The Bertz CT molecular complexity index is 953. The van der Waals surface area contributed by atoms with E-state index in [-0.39, 0.29) is 5.91 Å². The fourth-order valence-electron chi connectivity index (χ4n) is 4.09. The van der Waals surface area contributed by atoms with E-state index in [1.54, 1.807) is 18.3 Å². The predicted molar refractivity (Wildman–Crippen MR) is 106 cm³/mol. The van der Waals surface area contributed by atoms with Crippen LogP contribution < -0.4 is 4.90 Å². The normalized spacial score (nSPS) is 17.8. The monoisotopic (exact) mass is 393 g/mol. The average Bonchev–Trinajstić information content (AvgIpc) is 3.55. The van der Waals surface area contributed by atoms with Gasteiger partial charge in [-0.05, 0) is 37.1 Å². The lowest BCUT2D eigenvalue weighted by atomic mass is 10.1. The third kappa shape index (κ3) is 3.62. The highest BCUT2D eigenvalue weighted by molar-refractivity contribution is 5.91. The summed E-state index contributed by atoms with van der Waals surface area (Å²) >= 11 is 0. The van der Waals surface area contributed by atoms with E-state index >= 15 is 0 Å². The second kappa shape index (κ2) is 7.69. The van der Waals surface area contributed by atoms with Gasteiger partial charge in [0.2, 0.25) is 11.7 Å². The minimum atomic E-state index is -0.0619. The molecule has 2 fully saturated rings.